The molecule has 1 unspecified atom stereocenters. The van der Waals surface area contributed by atoms with Crippen LogP contribution >= 0.6 is 0 Å². The molecule has 11 heteroatoms. The summed E-state index contributed by atoms with van der Waals surface area (Å²) in [4.78, 5) is 9.96. The van der Waals surface area contributed by atoms with Crippen LogP contribution in [0, 0.1) is 49.0 Å². The first-order valence-corrected chi connectivity index (χ1v) is 12.8. The standard InChI is InChI=1S/C27H33N3.CHF3O3S.CH3.Fe/c1-16-12-18(3)26(19(4)13-16)28-22(7)24-10-11-25(30(24)9)23(8)29-27-20(5)14-17(2)15-21(27)6;2-1(3,4)7-8(5)6;;/h10-15H,1-9H3;(H,5,6);1H3;/q;;-1;+2/p-1. The Hall–Kier alpha value is -2.56. The average molecular weight is 620 g/mol. The average Bonchev–Trinajstić information content (AvgIpc) is 3.13. The van der Waals surface area contributed by atoms with Crippen molar-refractivity contribution in [2.24, 2.45) is 17.0 Å². The van der Waals surface area contributed by atoms with Crippen molar-refractivity contribution < 1.29 is 43.2 Å². The van der Waals surface area contributed by atoms with Crippen LogP contribution in [-0.4, -0.2) is 31.1 Å². The number of hydrogen-bond donors (Lipinski definition) is 0. The summed E-state index contributed by atoms with van der Waals surface area (Å²) >= 11 is -3.51. The zero-order chi connectivity index (χ0) is 28.9. The van der Waals surface area contributed by atoms with Crippen molar-refractivity contribution in [1.82, 2.24) is 4.57 Å². The van der Waals surface area contributed by atoms with Crippen LogP contribution in [0.2, 0.25) is 0 Å². The first-order valence-electron chi connectivity index (χ1n) is 11.8. The van der Waals surface area contributed by atoms with Crippen LogP contribution < -0.4 is 0 Å². The van der Waals surface area contributed by atoms with Gasteiger partial charge in [0.25, 0.3) is 0 Å². The van der Waals surface area contributed by atoms with E-state index in [1.807, 2.05) is 0 Å². The Bertz CT molecular complexity index is 1280. The quantitative estimate of drug-likeness (QED) is 0.126. The number of halogens is 3. The van der Waals surface area contributed by atoms with E-state index in [1.165, 1.54) is 33.4 Å². The van der Waals surface area contributed by atoms with Crippen molar-refractivity contribution in [3.63, 3.8) is 0 Å². The topological polar surface area (TPSA) is 79.0 Å². The van der Waals surface area contributed by atoms with Crippen molar-refractivity contribution >= 4 is 34.2 Å². The van der Waals surface area contributed by atoms with Crippen molar-refractivity contribution in [3.05, 3.63) is 88.6 Å². The molecule has 220 valence electrons. The molecule has 3 aromatic rings. The molecule has 1 aromatic heterocycles. The normalized spacial score (nSPS) is 12.6. The summed E-state index contributed by atoms with van der Waals surface area (Å²) in [5.74, 6) is 0. The predicted molar refractivity (Wildman–Crippen MR) is 153 cm³/mol. The molecule has 0 aliphatic heterocycles. The maximum atomic E-state index is 10.7. The molecule has 3 rings (SSSR count). The van der Waals surface area contributed by atoms with Gasteiger partial charge in [-0.2, -0.15) is 0 Å². The van der Waals surface area contributed by atoms with Crippen LogP contribution in [0.3, 0.4) is 0 Å². The Morgan fingerprint density at radius 2 is 1.10 bits per heavy atom. The minimum atomic E-state index is -5.09. The molecule has 1 atom stereocenters. The SMILES string of the molecule is CC(=Nc1c(C)cc(C)cc1C)c1ccc(C(C)=Nc2c(C)cc(C)cc2C)n1C.O=S([O-])OC(F)(F)F.[CH3-].[Fe+2]. The molecule has 0 amide bonds. The molecule has 40 heavy (non-hydrogen) atoms. The summed E-state index contributed by atoms with van der Waals surface area (Å²) in [6, 6.07) is 13.1. The summed E-state index contributed by atoms with van der Waals surface area (Å²) in [5, 5.41) is 0. The van der Waals surface area contributed by atoms with E-state index in [0.717, 1.165) is 34.2 Å². The summed E-state index contributed by atoms with van der Waals surface area (Å²) < 4.78 is 54.8. The monoisotopic (exact) mass is 619 g/mol. The summed E-state index contributed by atoms with van der Waals surface area (Å²) in [6.45, 7) is 16.9. The van der Waals surface area contributed by atoms with Crippen LogP contribution in [0.5, 0.6) is 0 Å². The Kier molecular flexibility index (Phi) is 14.5. The molecule has 0 saturated carbocycles. The number of aliphatic imine (C=N–C) groups is 2. The number of hydrogen-bond acceptors (Lipinski definition) is 5. The molecule has 0 radical (unpaired) electrons. The molecule has 0 spiro atoms. The number of aryl methyl sites for hydroxylation is 6. The van der Waals surface area contributed by atoms with Crippen LogP contribution in [0.4, 0.5) is 24.5 Å². The predicted octanol–water partition coefficient (Wildman–Crippen LogP) is 7.92. The number of rotatable bonds is 5. The van der Waals surface area contributed by atoms with E-state index in [0.29, 0.717) is 0 Å². The molecular weight excluding hydrogens is 583 g/mol. The van der Waals surface area contributed by atoms with Gasteiger partial charge in [0.15, 0.2) is 0 Å². The third kappa shape index (κ3) is 10.4. The van der Waals surface area contributed by atoms with Crippen LogP contribution in [0.25, 0.3) is 0 Å². The van der Waals surface area contributed by atoms with Crippen LogP contribution in [-0.2, 0) is 39.7 Å². The van der Waals surface area contributed by atoms with E-state index in [-0.39, 0.29) is 24.5 Å². The van der Waals surface area contributed by atoms with Gasteiger partial charge in [-0.3, -0.25) is 9.98 Å². The number of benzene rings is 2. The zero-order valence-electron chi connectivity index (χ0n) is 24.4. The fourth-order valence-electron chi connectivity index (χ4n) is 4.46. The Labute approximate surface area is 248 Å². The molecule has 0 fully saturated rings. The first kappa shape index (κ1) is 37.4. The largest absolute Gasteiger partial charge is 2.00 e. The summed E-state index contributed by atoms with van der Waals surface area (Å²) in [7, 11) is 2.09. The van der Waals surface area contributed by atoms with Gasteiger partial charge in [0, 0.05) is 7.05 Å². The smallest absolute Gasteiger partial charge is 0.750 e. The van der Waals surface area contributed by atoms with Gasteiger partial charge in [0.05, 0.1) is 45.5 Å². The number of alkyl halides is 3. The van der Waals surface area contributed by atoms with E-state index in [4.69, 9.17) is 18.7 Å². The second-order valence-electron chi connectivity index (χ2n) is 9.29. The van der Waals surface area contributed by atoms with Gasteiger partial charge in [-0.05, 0) is 89.8 Å². The molecule has 0 aliphatic carbocycles. The van der Waals surface area contributed by atoms with Crippen molar-refractivity contribution in [2.75, 3.05) is 0 Å². The Balaban J connectivity index is 0.00000133. The molecular formula is C29H36F3FeN3O3S. The molecule has 6 nitrogen and oxygen atoms in total. The van der Waals surface area contributed by atoms with Crippen molar-refractivity contribution in [2.45, 2.75) is 61.8 Å². The van der Waals surface area contributed by atoms with Gasteiger partial charge in [0.1, 0.15) is 0 Å². The third-order valence-electron chi connectivity index (χ3n) is 5.86. The van der Waals surface area contributed by atoms with Gasteiger partial charge >= 0.3 is 23.4 Å². The number of aromatic nitrogens is 1. The summed E-state index contributed by atoms with van der Waals surface area (Å²) in [5.41, 5.74) is 13.8. The van der Waals surface area contributed by atoms with Crippen LogP contribution in [0.1, 0.15) is 58.6 Å². The third-order valence-corrected chi connectivity index (χ3v) is 6.18. The molecule has 2 aromatic carbocycles. The van der Waals surface area contributed by atoms with Gasteiger partial charge in [-0.1, -0.05) is 35.4 Å². The second kappa shape index (κ2) is 15.4. The Morgan fingerprint density at radius 1 is 0.800 bits per heavy atom. The van der Waals surface area contributed by atoms with Gasteiger partial charge < -0.3 is 16.5 Å². The Morgan fingerprint density at radius 3 is 1.32 bits per heavy atom. The first-order chi connectivity index (χ1) is 17.5. The summed E-state index contributed by atoms with van der Waals surface area (Å²) in [6.07, 6.45) is -5.09. The van der Waals surface area contributed by atoms with E-state index >= 15 is 0 Å². The fourth-order valence-corrected chi connectivity index (χ4v) is 4.62. The van der Waals surface area contributed by atoms with E-state index in [2.05, 4.69) is 108 Å². The minimum Gasteiger partial charge on any atom is -0.750 e. The molecule has 0 aliphatic rings. The fraction of sp³-hybridized carbons (Fsp3) is 0.345. The molecule has 0 N–H and O–H groups in total. The van der Waals surface area contributed by atoms with Gasteiger partial charge in [-0.25, -0.2) is 8.39 Å². The van der Waals surface area contributed by atoms with E-state index in [1.54, 1.807) is 0 Å². The minimum absolute atomic E-state index is 0. The molecule has 0 bridgehead atoms. The van der Waals surface area contributed by atoms with Crippen LogP contribution in [0.15, 0.2) is 46.4 Å². The van der Waals surface area contributed by atoms with Gasteiger partial charge in [0.2, 0.25) is 0 Å². The van der Waals surface area contributed by atoms with E-state index in [9.17, 15) is 13.2 Å². The maximum Gasteiger partial charge on any atom is 2.00 e. The zero-order valence-corrected chi connectivity index (χ0v) is 26.3. The maximum absolute atomic E-state index is 10.7. The van der Waals surface area contributed by atoms with Crippen molar-refractivity contribution in [3.8, 4) is 0 Å². The van der Waals surface area contributed by atoms with E-state index < -0.39 is 17.7 Å². The van der Waals surface area contributed by atoms with Crippen molar-refractivity contribution in [1.29, 1.82) is 0 Å². The van der Waals surface area contributed by atoms with Gasteiger partial charge in [-0.15, -0.1) is 13.2 Å². The second-order valence-corrected chi connectivity index (χ2v) is 9.86. The molecule has 0 saturated heterocycles. The molecule has 1 heterocycles. The number of nitrogens with zero attached hydrogens (tertiary/aromatic N) is 3.